The molecule has 0 bridgehead atoms. The Labute approximate surface area is 173 Å². The average Bonchev–Trinajstić information content (AvgIpc) is 3.13. The second kappa shape index (κ2) is 7.21. The minimum atomic E-state index is 0.0110. The van der Waals surface area contributed by atoms with Crippen LogP contribution in [0, 0.1) is 6.92 Å². The van der Waals surface area contributed by atoms with Crippen LogP contribution in [0.25, 0.3) is 27.9 Å². The standard InChI is InChI=1S/C22H24N6O2/c1-13-10-15(6-8-23-13)27-9-7-17-16(22(27)29)4-5-18(25-17)19-11-20(30-3)21-24-14(2)12-28(21)26-19/h4-5,7,9,11-13,15,23H,6,8,10H2,1-3H3. The Hall–Kier alpha value is -3.26. The molecule has 4 aromatic heterocycles. The molecule has 1 fully saturated rings. The highest BCUT2D eigenvalue weighted by Crippen LogP contribution is 2.26. The lowest BCUT2D eigenvalue weighted by atomic mass is 10.00. The van der Waals surface area contributed by atoms with E-state index in [0.717, 1.165) is 25.1 Å². The number of hydrogen-bond donors (Lipinski definition) is 1. The first-order chi connectivity index (χ1) is 14.5. The number of aromatic nitrogens is 5. The van der Waals surface area contributed by atoms with E-state index in [-0.39, 0.29) is 11.6 Å². The summed E-state index contributed by atoms with van der Waals surface area (Å²) in [6.45, 7) is 5.00. The topological polar surface area (TPSA) is 86.3 Å². The Bertz CT molecular complexity index is 1310. The van der Waals surface area contributed by atoms with Gasteiger partial charge in [-0.1, -0.05) is 0 Å². The molecule has 1 aliphatic rings. The Morgan fingerprint density at radius 3 is 2.87 bits per heavy atom. The van der Waals surface area contributed by atoms with Gasteiger partial charge in [0.15, 0.2) is 11.4 Å². The van der Waals surface area contributed by atoms with Crippen LogP contribution in [0.15, 0.2) is 41.5 Å². The molecule has 8 heteroatoms. The number of piperidine rings is 1. The number of aryl methyl sites for hydroxylation is 1. The summed E-state index contributed by atoms with van der Waals surface area (Å²) in [5.41, 5.74) is 3.54. The van der Waals surface area contributed by atoms with E-state index in [1.807, 2.05) is 48.1 Å². The number of rotatable bonds is 3. The molecule has 0 spiro atoms. The highest BCUT2D eigenvalue weighted by atomic mass is 16.5. The van der Waals surface area contributed by atoms with Gasteiger partial charge in [-0.15, -0.1) is 0 Å². The predicted molar refractivity (Wildman–Crippen MR) is 115 cm³/mol. The zero-order chi connectivity index (χ0) is 20.8. The molecular formula is C22H24N6O2. The summed E-state index contributed by atoms with van der Waals surface area (Å²) in [5.74, 6) is 0.630. The molecule has 2 unspecified atom stereocenters. The van der Waals surface area contributed by atoms with Crippen LogP contribution in [-0.4, -0.2) is 43.8 Å². The number of fused-ring (bicyclic) bond motifs is 2. The van der Waals surface area contributed by atoms with E-state index in [9.17, 15) is 4.79 Å². The minimum absolute atomic E-state index is 0.0110. The number of pyridine rings is 2. The molecule has 0 amide bonds. The third-order valence-electron chi connectivity index (χ3n) is 5.77. The van der Waals surface area contributed by atoms with Crippen LogP contribution in [0.1, 0.15) is 31.5 Å². The van der Waals surface area contributed by atoms with Gasteiger partial charge in [0.25, 0.3) is 5.56 Å². The first-order valence-electron chi connectivity index (χ1n) is 10.2. The fourth-order valence-corrected chi connectivity index (χ4v) is 4.27. The summed E-state index contributed by atoms with van der Waals surface area (Å²) in [6, 6.07) is 8.07. The summed E-state index contributed by atoms with van der Waals surface area (Å²) in [5, 5.41) is 8.68. The molecule has 1 N–H and O–H groups in total. The lowest BCUT2D eigenvalue weighted by Crippen LogP contribution is -2.39. The van der Waals surface area contributed by atoms with E-state index in [4.69, 9.17) is 9.72 Å². The van der Waals surface area contributed by atoms with Crippen LogP contribution in [0.3, 0.4) is 0 Å². The lowest BCUT2D eigenvalue weighted by Gasteiger charge is -2.29. The van der Waals surface area contributed by atoms with Gasteiger partial charge in [-0.3, -0.25) is 4.79 Å². The monoisotopic (exact) mass is 404 g/mol. The van der Waals surface area contributed by atoms with Crippen molar-refractivity contribution in [3.05, 3.63) is 52.7 Å². The molecular weight excluding hydrogens is 380 g/mol. The molecule has 8 nitrogen and oxygen atoms in total. The summed E-state index contributed by atoms with van der Waals surface area (Å²) in [4.78, 5) is 22.3. The number of hydrogen-bond acceptors (Lipinski definition) is 6. The lowest BCUT2D eigenvalue weighted by molar-refractivity contribution is 0.309. The normalized spacial score (nSPS) is 19.4. The van der Waals surface area contributed by atoms with Crippen molar-refractivity contribution in [2.45, 2.75) is 38.8 Å². The van der Waals surface area contributed by atoms with Crippen molar-refractivity contribution in [3.63, 3.8) is 0 Å². The molecule has 30 heavy (non-hydrogen) atoms. The van der Waals surface area contributed by atoms with Gasteiger partial charge in [0.2, 0.25) is 0 Å². The number of methoxy groups -OCH3 is 1. The summed E-state index contributed by atoms with van der Waals surface area (Å²) >= 11 is 0. The van der Waals surface area contributed by atoms with Gasteiger partial charge >= 0.3 is 0 Å². The third-order valence-corrected chi connectivity index (χ3v) is 5.77. The molecule has 0 aliphatic carbocycles. The molecule has 1 aliphatic heterocycles. The number of nitrogens with one attached hydrogen (secondary N) is 1. The zero-order valence-corrected chi connectivity index (χ0v) is 17.3. The number of nitrogens with zero attached hydrogens (tertiary/aromatic N) is 5. The molecule has 1 saturated heterocycles. The Balaban J connectivity index is 1.58. The zero-order valence-electron chi connectivity index (χ0n) is 17.3. The van der Waals surface area contributed by atoms with E-state index in [1.165, 1.54) is 0 Å². The minimum Gasteiger partial charge on any atom is -0.493 e. The van der Waals surface area contributed by atoms with Crippen LogP contribution >= 0.6 is 0 Å². The quantitative estimate of drug-likeness (QED) is 0.565. The summed E-state index contributed by atoms with van der Waals surface area (Å²) < 4.78 is 9.06. The maximum Gasteiger partial charge on any atom is 0.260 e. The van der Waals surface area contributed by atoms with Gasteiger partial charge in [0.05, 0.1) is 35.6 Å². The Kier molecular flexibility index (Phi) is 4.51. The fourth-order valence-electron chi connectivity index (χ4n) is 4.27. The molecule has 0 radical (unpaired) electrons. The smallest absolute Gasteiger partial charge is 0.260 e. The SMILES string of the molecule is COc1cc(-c2ccc3c(=O)n(C4CCNC(C)C4)ccc3n2)nn2cc(C)nc12. The van der Waals surface area contributed by atoms with Gasteiger partial charge in [-0.25, -0.2) is 14.5 Å². The van der Waals surface area contributed by atoms with E-state index < -0.39 is 0 Å². The maximum absolute atomic E-state index is 13.1. The van der Waals surface area contributed by atoms with Gasteiger partial charge in [-0.2, -0.15) is 5.10 Å². The van der Waals surface area contributed by atoms with Crippen LogP contribution in [0.2, 0.25) is 0 Å². The van der Waals surface area contributed by atoms with E-state index >= 15 is 0 Å². The molecule has 0 aromatic carbocycles. The molecule has 5 rings (SSSR count). The van der Waals surface area contributed by atoms with Crippen molar-refractivity contribution in [2.24, 2.45) is 0 Å². The second-order valence-electron chi connectivity index (χ2n) is 7.94. The van der Waals surface area contributed by atoms with Crippen molar-refractivity contribution >= 4 is 16.6 Å². The Morgan fingerprint density at radius 1 is 1.20 bits per heavy atom. The first-order valence-corrected chi connectivity index (χ1v) is 10.2. The highest BCUT2D eigenvalue weighted by molar-refractivity contribution is 5.80. The van der Waals surface area contributed by atoms with E-state index in [2.05, 4.69) is 22.3 Å². The van der Waals surface area contributed by atoms with Crippen molar-refractivity contribution in [1.82, 2.24) is 29.5 Å². The average molecular weight is 404 g/mol. The van der Waals surface area contributed by atoms with Crippen LogP contribution in [-0.2, 0) is 0 Å². The summed E-state index contributed by atoms with van der Waals surface area (Å²) in [7, 11) is 1.61. The number of imidazole rings is 1. The van der Waals surface area contributed by atoms with Gasteiger partial charge in [0, 0.05) is 24.3 Å². The van der Waals surface area contributed by atoms with E-state index in [0.29, 0.717) is 39.7 Å². The third kappa shape index (κ3) is 3.13. The maximum atomic E-state index is 13.1. The largest absolute Gasteiger partial charge is 0.493 e. The van der Waals surface area contributed by atoms with Crippen molar-refractivity contribution in [2.75, 3.05) is 13.7 Å². The Morgan fingerprint density at radius 2 is 2.07 bits per heavy atom. The van der Waals surface area contributed by atoms with Crippen LogP contribution < -0.4 is 15.6 Å². The second-order valence-corrected chi connectivity index (χ2v) is 7.94. The van der Waals surface area contributed by atoms with Gasteiger partial charge in [-0.05, 0) is 51.4 Å². The molecule has 4 aromatic rings. The molecule has 5 heterocycles. The van der Waals surface area contributed by atoms with Crippen molar-refractivity contribution in [3.8, 4) is 17.1 Å². The molecule has 154 valence electrons. The fraction of sp³-hybridized carbons (Fsp3) is 0.364. The highest BCUT2D eigenvalue weighted by Gasteiger charge is 2.21. The van der Waals surface area contributed by atoms with Crippen LogP contribution in [0.5, 0.6) is 5.75 Å². The van der Waals surface area contributed by atoms with Crippen molar-refractivity contribution < 1.29 is 4.74 Å². The number of ether oxygens (including phenoxy) is 1. The molecule has 0 saturated carbocycles. The summed E-state index contributed by atoms with van der Waals surface area (Å²) in [6.07, 6.45) is 5.63. The first kappa shape index (κ1) is 18.7. The molecule has 2 atom stereocenters. The van der Waals surface area contributed by atoms with Crippen LogP contribution in [0.4, 0.5) is 0 Å². The van der Waals surface area contributed by atoms with E-state index in [1.54, 1.807) is 11.6 Å². The predicted octanol–water partition coefficient (Wildman–Crippen LogP) is 2.74. The van der Waals surface area contributed by atoms with Gasteiger partial charge < -0.3 is 14.6 Å². The van der Waals surface area contributed by atoms with Crippen molar-refractivity contribution in [1.29, 1.82) is 0 Å². The van der Waals surface area contributed by atoms with Gasteiger partial charge in [0.1, 0.15) is 5.69 Å².